The molecule has 0 aromatic carbocycles. The van der Waals surface area contributed by atoms with E-state index in [1.165, 1.54) is 6.42 Å². The van der Waals surface area contributed by atoms with Crippen LogP contribution in [0.4, 0.5) is 0 Å². The molecule has 6 nitrogen and oxygen atoms in total. The fourth-order valence-corrected chi connectivity index (χ4v) is 3.41. The summed E-state index contributed by atoms with van der Waals surface area (Å²) < 4.78 is 3.91. The molecule has 0 radical (unpaired) electrons. The lowest BCUT2D eigenvalue weighted by atomic mass is 10.0. The molecule has 2 aromatic rings. The van der Waals surface area contributed by atoms with Crippen molar-refractivity contribution in [2.45, 2.75) is 58.7 Å². The Kier molecular flexibility index (Phi) is 4.50. The Labute approximate surface area is 137 Å². The van der Waals surface area contributed by atoms with Gasteiger partial charge in [-0.3, -0.25) is 9.48 Å². The van der Waals surface area contributed by atoms with Gasteiger partial charge in [0.1, 0.15) is 6.04 Å². The van der Waals surface area contributed by atoms with Gasteiger partial charge in [0.25, 0.3) is 0 Å². The van der Waals surface area contributed by atoms with Crippen LogP contribution in [0.15, 0.2) is 24.8 Å². The van der Waals surface area contributed by atoms with Crippen LogP contribution in [0, 0.1) is 13.8 Å². The fourth-order valence-electron chi connectivity index (χ4n) is 3.41. The van der Waals surface area contributed by atoms with Crippen molar-refractivity contribution in [2.24, 2.45) is 0 Å². The maximum absolute atomic E-state index is 12.9. The molecule has 2 aromatic heterocycles. The van der Waals surface area contributed by atoms with Gasteiger partial charge in [-0.05, 0) is 46.1 Å². The number of amides is 1. The highest BCUT2D eigenvalue weighted by atomic mass is 16.2. The zero-order valence-corrected chi connectivity index (χ0v) is 14.1. The molecule has 0 aliphatic carbocycles. The van der Waals surface area contributed by atoms with Crippen molar-refractivity contribution < 1.29 is 4.79 Å². The Morgan fingerprint density at radius 1 is 1.39 bits per heavy atom. The first-order valence-corrected chi connectivity index (χ1v) is 8.35. The number of hydrogen-bond acceptors (Lipinski definition) is 3. The molecule has 1 saturated heterocycles. The second-order valence-electron chi connectivity index (χ2n) is 6.48. The molecule has 0 bridgehead atoms. The summed E-state index contributed by atoms with van der Waals surface area (Å²) in [5.74, 6) is 0.175. The minimum Gasteiger partial charge on any atom is -0.336 e. The Bertz CT molecular complexity index is 661. The summed E-state index contributed by atoms with van der Waals surface area (Å²) in [6.45, 7) is 7.64. The summed E-state index contributed by atoms with van der Waals surface area (Å²) in [6.07, 6.45) is 8.57. The van der Waals surface area contributed by atoms with Crippen molar-refractivity contribution in [3.05, 3.63) is 36.2 Å². The maximum atomic E-state index is 12.9. The molecule has 3 rings (SSSR count). The van der Waals surface area contributed by atoms with Crippen LogP contribution in [-0.4, -0.2) is 42.7 Å². The normalized spacial score (nSPS) is 19.8. The van der Waals surface area contributed by atoms with Crippen LogP contribution < -0.4 is 0 Å². The first-order valence-electron chi connectivity index (χ1n) is 8.35. The summed E-state index contributed by atoms with van der Waals surface area (Å²) in [5, 5.41) is 4.56. The summed E-state index contributed by atoms with van der Waals surface area (Å²) in [5.41, 5.74) is 2.19. The Balaban J connectivity index is 1.75. The van der Waals surface area contributed by atoms with Crippen molar-refractivity contribution in [1.82, 2.24) is 24.2 Å². The number of hydrogen-bond donors (Lipinski definition) is 0. The lowest BCUT2D eigenvalue weighted by molar-refractivity contribution is -0.138. The number of imidazole rings is 1. The third-order valence-electron chi connectivity index (χ3n) is 4.73. The van der Waals surface area contributed by atoms with Crippen LogP contribution in [0.2, 0.25) is 0 Å². The average Bonchev–Trinajstić information content (AvgIpc) is 3.17. The molecule has 1 aliphatic heterocycles. The highest BCUT2D eigenvalue weighted by Gasteiger charge is 2.30. The molecule has 0 spiro atoms. The van der Waals surface area contributed by atoms with E-state index >= 15 is 0 Å². The van der Waals surface area contributed by atoms with Crippen molar-refractivity contribution >= 4 is 5.91 Å². The van der Waals surface area contributed by atoms with Gasteiger partial charge in [0.2, 0.25) is 5.91 Å². The third kappa shape index (κ3) is 3.30. The molecule has 0 saturated carbocycles. The average molecular weight is 315 g/mol. The number of likely N-dealkylation sites (tertiary alicyclic amines) is 1. The summed E-state index contributed by atoms with van der Waals surface area (Å²) >= 11 is 0. The van der Waals surface area contributed by atoms with E-state index in [0.29, 0.717) is 0 Å². The van der Waals surface area contributed by atoms with Crippen molar-refractivity contribution in [2.75, 3.05) is 6.54 Å². The second-order valence-corrected chi connectivity index (χ2v) is 6.48. The van der Waals surface area contributed by atoms with Crippen molar-refractivity contribution in [1.29, 1.82) is 0 Å². The number of aromatic nitrogens is 4. The standard InChI is InChI=1S/C17H25N5O/c1-13-10-14(2)22(19-13)11-16-6-4-5-8-21(16)17(23)15(3)20-9-7-18-12-20/h7,9-10,12,15-16H,4-6,8,11H2,1-3H3/t15-,16+/m1/s1. The van der Waals surface area contributed by atoms with Gasteiger partial charge in [0, 0.05) is 24.6 Å². The molecule has 1 amide bonds. The van der Waals surface area contributed by atoms with Gasteiger partial charge in [0.15, 0.2) is 0 Å². The van der Waals surface area contributed by atoms with Gasteiger partial charge in [-0.1, -0.05) is 0 Å². The molecule has 1 fully saturated rings. The molecule has 1 aliphatic rings. The monoisotopic (exact) mass is 315 g/mol. The Morgan fingerprint density at radius 3 is 2.87 bits per heavy atom. The Hall–Kier alpha value is -2.11. The number of nitrogens with zero attached hydrogens (tertiary/aromatic N) is 5. The summed E-state index contributed by atoms with van der Waals surface area (Å²) in [7, 11) is 0. The smallest absolute Gasteiger partial charge is 0.245 e. The van der Waals surface area contributed by atoms with Gasteiger partial charge in [-0.15, -0.1) is 0 Å². The molecular weight excluding hydrogens is 290 g/mol. The first-order chi connectivity index (χ1) is 11.1. The van der Waals surface area contributed by atoms with Crippen LogP contribution in [-0.2, 0) is 11.3 Å². The highest BCUT2D eigenvalue weighted by molar-refractivity contribution is 5.80. The minimum absolute atomic E-state index is 0.175. The van der Waals surface area contributed by atoms with E-state index in [2.05, 4.69) is 23.1 Å². The Morgan fingerprint density at radius 2 is 2.22 bits per heavy atom. The highest BCUT2D eigenvalue weighted by Crippen LogP contribution is 2.22. The van der Waals surface area contributed by atoms with Crippen LogP contribution >= 0.6 is 0 Å². The fraction of sp³-hybridized carbons (Fsp3) is 0.588. The van der Waals surface area contributed by atoms with E-state index in [1.807, 2.05) is 34.2 Å². The lowest BCUT2D eigenvalue weighted by Crippen LogP contribution is -2.48. The number of carbonyl (C=O) groups excluding carboxylic acids is 1. The van der Waals surface area contributed by atoms with Gasteiger partial charge in [-0.2, -0.15) is 5.10 Å². The van der Waals surface area contributed by atoms with E-state index in [9.17, 15) is 4.79 Å². The van der Waals surface area contributed by atoms with Crippen LogP contribution in [0.5, 0.6) is 0 Å². The number of piperidine rings is 1. The van der Waals surface area contributed by atoms with E-state index in [4.69, 9.17) is 0 Å². The topological polar surface area (TPSA) is 56.0 Å². The first kappa shape index (κ1) is 15.8. The van der Waals surface area contributed by atoms with E-state index < -0.39 is 0 Å². The molecular formula is C17H25N5O. The maximum Gasteiger partial charge on any atom is 0.245 e. The van der Waals surface area contributed by atoms with Crippen LogP contribution in [0.25, 0.3) is 0 Å². The predicted molar refractivity (Wildman–Crippen MR) is 88.0 cm³/mol. The molecule has 0 N–H and O–H groups in total. The van der Waals surface area contributed by atoms with Gasteiger partial charge in [0.05, 0.1) is 24.6 Å². The van der Waals surface area contributed by atoms with E-state index in [0.717, 1.165) is 37.3 Å². The number of aryl methyl sites for hydroxylation is 2. The second kappa shape index (κ2) is 6.56. The molecule has 124 valence electrons. The zero-order chi connectivity index (χ0) is 16.4. The molecule has 3 heterocycles. The molecule has 0 unspecified atom stereocenters. The van der Waals surface area contributed by atoms with Crippen LogP contribution in [0.1, 0.15) is 43.6 Å². The van der Waals surface area contributed by atoms with Gasteiger partial charge >= 0.3 is 0 Å². The summed E-state index contributed by atoms with van der Waals surface area (Å²) in [4.78, 5) is 19.0. The summed E-state index contributed by atoms with van der Waals surface area (Å²) in [6, 6.07) is 2.10. The van der Waals surface area contributed by atoms with Gasteiger partial charge < -0.3 is 9.47 Å². The van der Waals surface area contributed by atoms with Crippen molar-refractivity contribution in [3.8, 4) is 0 Å². The predicted octanol–water partition coefficient (Wildman–Crippen LogP) is 2.34. The number of rotatable bonds is 4. The molecule has 2 atom stereocenters. The zero-order valence-electron chi connectivity index (χ0n) is 14.1. The van der Waals surface area contributed by atoms with Gasteiger partial charge in [-0.25, -0.2) is 4.98 Å². The third-order valence-corrected chi connectivity index (χ3v) is 4.73. The largest absolute Gasteiger partial charge is 0.336 e. The van der Waals surface area contributed by atoms with E-state index in [1.54, 1.807) is 12.5 Å². The number of carbonyl (C=O) groups is 1. The quantitative estimate of drug-likeness (QED) is 0.870. The lowest BCUT2D eigenvalue weighted by Gasteiger charge is -2.37. The van der Waals surface area contributed by atoms with Crippen LogP contribution in [0.3, 0.4) is 0 Å². The van der Waals surface area contributed by atoms with Crippen molar-refractivity contribution in [3.63, 3.8) is 0 Å². The molecule has 23 heavy (non-hydrogen) atoms. The molecule has 6 heteroatoms. The minimum atomic E-state index is -0.210. The SMILES string of the molecule is Cc1cc(C)n(C[C@@H]2CCCCN2C(=O)[C@@H](C)n2ccnc2)n1. The van der Waals surface area contributed by atoms with E-state index in [-0.39, 0.29) is 18.0 Å².